The lowest BCUT2D eigenvalue weighted by Crippen LogP contribution is -2.42. The SMILES string of the molecule is CCCCCCCC/C=C\CCCCCCCCCCCCOP(=O)([O-])C[N+](C)(C)CCC. The summed E-state index contributed by atoms with van der Waals surface area (Å²) in [5.74, 6) is 0. The summed E-state index contributed by atoms with van der Waals surface area (Å²) < 4.78 is 17.8. The Morgan fingerprint density at radius 3 is 1.55 bits per heavy atom. The number of allylic oxidation sites excluding steroid dienone is 2. The molecule has 0 amide bonds. The number of rotatable bonds is 25. The molecule has 1 atom stereocenters. The van der Waals surface area contributed by atoms with Crippen molar-refractivity contribution in [1.82, 2.24) is 0 Å². The molecule has 0 heterocycles. The molecule has 0 N–H and O–H groups in total. The molecule has 0 aliphatic heterocycles. The maximum Gasteiger partial charge on any atom is 0.189 e. The van der Waals surface area contributed by atoms with Crippen LogP contribution in [-0.4, -0.2) is 38.0 Å². The first-order valence-corrected chi connectivity index (χ1v) is 16.0. The van der Waals surface area contributed by atoms with Gasteiger partial charge in [-0.05, 0) is 38.5 Å². The van der Waals surface area contributed by atoms with Crippen LogP contribution in [0.15, 0.2) is 12.2 Å². The highest BCUT2D eigenvalue weighted by atomic mass is 31.2. The van der Waals surface area contributed by atoms with Gasteiger partial charge in [-0.1, -0.05) is 109 Å². The van der Waals surface area contributed by atoms with E-state index >= 15 is 0 Å². The van der Waals surface area contributed by atoms with Crippen molar-refractivity contribution in [3.8, 4) is 0 Å². The molecule has 0 fully saturated rings. The van der Waals surface area contributed by atoms with E-state index in [1.54, 1.807) is 0 Å². The Morgan fingerprint density at radius 2 is 1.09 bits per heavy atom. The van der Waals surface area contributed by atoms with Crippen molar-refractivity contribution in [2.45, 2.75) is 136 Å². The summed E-state index contributed by atoms with van der Waals surface area (Å²) in [5.41, 5.74) is 0. The zero-order valence-corrected chi connectivity index (χ0v) is 23.7. The van der Waals surface area contributed by atoms with E-state index in [1.165, 1.54) is 103 Å². The third-order valence-corrected chi connectivity index (χ3v) is 8.02. The molecule has 198 valence electrons. The zero-order valence-electron chi connectivity index (χ0n) is 22.8. The van der Waals surface area contributed by atoms with Gasteiger partial charge in [0, 0.05) is 0 Å². The Morgan fingerprint density at radius 1 is 0.667 bits per heavy atom. The topological polar surface area (TPSA) is 49.4 Å². The van der Waals surface area contributed by atoms with Crippen molar-refractivity contribution in [2.75, 3.05) is 33.5 Å². The van der Waals surface area contributed by atoms with Crippen molar-refractivity contribution >= 4 is 7.60 Å². The number of nitrogens with zero attached hydrogens (tertiary/aromatic N) is 1. The summed E-state index contributed by atoms with van der Waals surface area (Å²) in [7, 11) is 0.181. The molecule has 0 spiro atoms. The standard InChI is InChI=1S/C28H58NO3P/c1-5-7-8-9-10-11-12-13-14-15-16-17-18-19-20-21-22-23-24-25-27-32-33(30,31)28-29(3,4)26-6-2/h13-14H,5-12,15-28H2,1-4H3/b14-13-. The third-order valence-electron chi connectivity index (χ3n) is 6.33. The Hall–Kier alpha value is -0.150. The zero-order chi connectivity index (χ0) is 24.7. The molecule has 0 saturated carbocycles. The fourth-order valence-corrected chi connectivity index (χ4v) is 6.01. The van der Waals surface area contributed by atoms with Gasteiger partial charge >= 0.3 is 0 Å². The van der Waals surface area contributed by atoms with Crippen molar-refractivity contribution in [3.63, 3.8) is 0 Å². The van der Waals surface area contributed by atoms with Crippen molar-refractivity contribution < 1.29 is 18.5 Å². The fourth-order valence-electron chi connectivity index (χ4n) is 4.45. The Balaban J connectivity index is 3.36. The Labute approximate surface area is 207 Å². The average molecular weight is 488 g/mol. The summed E-state index contributed by atoms with van der Waals surface area (Å²) in [6.45, 7) is 5.55. The maximum absolute atomic E-state index is 12.1. The summed E-state index contributed by atoms with van der Waals surface area (Å²) in [5, 5.41) is 0. The van der Waals surface area contributed by atoms with Gasteiger partial charge in [0.05, 0.1) is 27.2 Å². The molecule has 0 aliphatic carbocycles. The normalized spacial score (nSPS) is 14.2. The van der Waals surface area contributed by atoms with Gasteiger partial charge in [0.1, 0.15) is 6.29 Å². The Kier molecular flexibility index (Phi) is 22.2. The molecule has 1 unspecified atom stereocenters. The lowest BCUT2D eigenvalue weighted by atomic mass is 10.1. The van der Waals surface area contributed by atoms with Crippen molar-refractivity contribution in [1.29, 1.82) is 0 Å². The van der Waals surface area contributed by atoms with Crippen LogP contribution in [0.2, 0.25) is 0 Å². The molecule has 0 saturated heterocycles. The van der Waals surface area contributed by atoms with E-state index in [-0.39, 0.29) is 6.29 Å². The molecular formula is C28H58NO3P. The van der Waals surface area contributed by atoms with Crippen LogP contribution in [0, 0.1) is 0 Å². The quantitative estimate of drug-likeness (QED) is 0.0560. The average Bonchev–Trinajstić information content (AvgIpc) is 2.74. The molecule has 0 aliphatic rings. The molecule has 4 nitrogen and oxygen atoms in total. The molecule has 0 aromatic carbocycles. The van der Waals surface area contributed by atoms with E-state index in [0.29, 0.717) is 11.1 Å². The van der Waals surface area contributed by atoms with Crippen LogP contribution in [-0.2, 0) is 9.09 Å². The molecule has 0 aromatic heterocycles. The predicted octanol–water partition coefficient (Wildman–Crippen LogP) is 8.60. The number of hydrogen-bond donors (Lipinski definition) is 0. The second-order valence-electron chi connectivity index (χ2n) is 10.6. The van der Waals surface area contributed by atoms with Gasteiger partial charge in [0.15, 0.2) is 7.60 Å². The summed E-state index contributed by atoms with van der Waals surface area (Å²) in [6, 6.07) is 0. The maximum atomic E-state index is 12.1. The van der Waals surface area contributed by atoms with E-state index in [4.69, 9.17) is 4.52 Å². The lowest BCUT2D eigenvalue weighted by molar-refractivity contribution is -0.880. The third kappa shape index (κ3) is 24.8. The highest BCUT2D eigenvalue weighted by Gasteiger charge is 2.22. The summed E-state index contributed by atoms with van der Waals surface area (Å²) in [6.07, 6.45) is 29.1. The first kappa shape index (κ1) is 32.8. The molecule has 5 heteroatoms. The van der Waals surface area contributed by atoms with Crippen LogP contribution in [0.4, 0.5) is 0 Å². The van der Waals surface area contributed by atoms with Crippen LogP contribution in [0.25, 0.3) is 0 Å². The molecule has 0 bridgehead atoms. The van der Waals surface area contributed by atoms with Gasteiger partial charge in [-0.2, -0.15) is 0 Å². The van der Waals surface area contributed by atoms with Gasteiger partial charge in [-0.15, -0.1) is 0 Å². The largest absolute Gasteiger partial charge is 0.774 e. The fraction of sp³-hybridized carbons (Fsp3) is 0.929. The van der Waals surface area contributed by atoms with Crippen molar-refractivity contribution in [2.24, 2.45) is 0 Å². The van der Waals surface area contributed by atoms with Gasteiger partial charge in [-0.3, -0.25) is 0 Å². The first-order valence-electron chi connectivity index (χ1n) is 14.2. The van der Waals surface area contributed by atoms with Crippen LogP contribution in [0.5, 0.6) is 0 Å². The van der Waals surface area contributed by atoms with Crippen LogP contribution < -0.4 is 4.89 Å². The van der Waals surface area contributed by atoms with Gasteiger partial charge in [0.2, 0.25) is 0 Å². The van der Waals surface area contributed by atoms with Gasteiger partial charge < -0.3 is 18.5 Å². The van der Waals surface area contributed by atoms with Crippen LogP contribution in [0.1, 0.15) is 136 Å². The van der Waals surface area contributed by atoms with Gasteiger partial charge in [-0.25, -0.2) is 0 Å². The van der Waals surface area contributed by atoms with Crippen molar-refractivity contribution in [3.05, 3.63) is 12.2 Å². The van der Waals surface area contributed by atoms with E-state index < -0.39 is 7.60 Å². The van der Waals surface area contributed by atoms with Gasteiger partial charge in [0.25, 0.3) is 0 Å². The van der Waals surface area contributed by atoms with Crippen LogP contribution in [0.3, 0.4) is 0 Å². The second-order valence-corrected chi connectivity index (χ2v) is 12.4. The van der Waals surface area contributed by atoms with E-state index in [9.17, 15) is 9.46 Å². The number of hydrogen-bond acceptors (Lipinski definition) is 3. The number of unbranched alkanes of at least 4 members (excludes halogenated alkanes) is 16. The molecule has 0 radical (unpaired) electrons. The Bertz CT molecular complexity index is 494. The molecule has 33 heavy (non-hydrogen) atoms. The molecular weight excluding hydrogens is 429 g/mol. The summed E-state index contributed by atoms with van der Waals surface area (Å²) in [4.78, 5) is 12.1. The highest BCUT2D eigenvalue weighted by Crippen LogP contribution is 2.39. The highest BCUT2D eigenvalue weighted by molar-refractivity contribution is 7.51. The minimum absolute atomic E-state index is 0.0936. The molecule has 0 rings (SSSR count). The monoisotopic (exact) mass is 487 g/mol. The van der Waals surface area contributed by atoms with Crippen LogP contribution >= 0.6 is 7.60 Å². The predicted molar refractivity (Wildman–Crippen MR) is 144 cm³/mol. The smallest absolute Gasteiger partial charge is 0.189 e. The minimum atomic E-state index is -3.72. The van der Waals surface area contributed by atoms with E-state index in [0.717, 1.165) is 25.8 Å². The lowest BCUT2D eigenvalue weighted by Gasteiger charge is -2.35. The first-order chi connectivity index (χ1) is 15.8. The van der Waals surface area contributed by atoms with E-state index in [2.05, 4.69) is 26.0 Å². The molecule has 0 aromatic rings. The van der Waals surface area contributed by atoms with E-state index in [1.807, 2.05) is 14.1 Å². The second kappa shape index (κ2) is 22.3. The minimum Gasteiger partial charge on any atom is -0.774 e. The summed E-state index contributed by atoms with van der Waals surface area (Å²) >= 11 is 0. The number of quaternary nitrogens is 1.